The largest absolute Gasteiger partial charge is 0.449 e. The summed E-state index contributed by atoms with van der Waals surface area (Å²) in [5, 5.41) is 0.468. The van der Waals surface area contributed by atoms with Gasteiger partial charge in [-0.05, 0) is 24.4 Å². The number of hydrogen-bond donors (Lipinski definition) is 0. The van der Waals surface area contributed by atoms with Gasteiger partial charge < -0.3 is 19.3 Å². The van der Waals surface area contributed by atoms with E-state index in [9.17, 15) is 0 Å². The maximum atomic E-state index is 5.37. The van der Waals surface area contributed by atoms with Crippen LogP contribution in [0, 0.1) is 24.7 Å². The Morgan fingerprint density at radius 3 is 1.33 bits per heavy atom. The van der Waals surface area contributed by atoms with Crippen LogP contribution >= 0.6 is 24.4 Å². The van der Waals surface area contributed by atoms with Crippen LogP contribution in [-0.4, -0.2) is 60.5 Å². The molecule has 0 saturated carbocycles. The van der Waals surface area contributed by atoms with Gasteiger partial charge in [0.05, 0.1) is 0 Å². The second kappa shape index (κ2) is 7.75. The highest BCUT2D eigenvalue weighted by atomic mass is 32.1. The van der Waals surface area contributed by atoms with Gasteiger partial charge in [-0.15, -0.1) is 12.8 Å². The minimum absolute atomic E-state index is 0.234. The number of hydrogen-bond acceptors (Lipinski definition) is 4. The first kappa shape index (κ1) is 16.5. The fraction of sp³-hybridized carbons (Fsp3) is 0.500. The van der Waals surface area contributed by atoms with E-state index in [0.717, 1.165) is 0 Å². The normalized spacial score (nSPS) is 12.3. The average Bonchev–Trinajstić information content (AvgIpc) is 2.32. The molecule has 98 valence electrons. The molecule has 0 amide bonds. The molecule has 2 atom stereocenters. The predicted molar refractivity (Wildman–Crippen MR) is 80.0 cm³/mol. The molecule has 0 aromatic heterocycles. The molecule has 0 aliphatic carbocycles. The van der Waals surface area contributed by atoms with Crippen molar-refractivity contribution < 1.29 is 9.47 Å². The van der Waals surface area contributed by atoms with Crippen molar-refractivity contribution in [3.8, 4) is 24.7 Å². The molecule has 0 spiro atoms. The summed E-state index contributed by atoms with van der Waals surface area (Å²) in [6.45, 7) is 0. The number of rotatable bonds is 3. The highest BCUT2D eigenvalue weighted by Gasteiger charge is 2.24. The van der Waals surface area contributed by atoms with E-state index in [1.165, 1.54) is 0 Å². The third-order valence-electron chi connectivity index (χ3n) is 1.79. The minimum Gasteiger partial charge on any atom is -0.449 e. The first-order chi connectivity index (χ1) is 8.33. The second-order valence-electron chi connectivity index (χ2n) is 3.73. The summed E-state index contributed by atoms with van der Waals surface area (Å²) < 4.78 is 10.7. The highest BCUT2D eigenvalue weighted by molar-refractivity contribution is 7.80. The molecule has 0 aromatic carbocycles. The van der Waals surface area contributed by atoms with Crippen molar-refractivity contribution >= 4 is 34.8 Å². The molecule has 0 bridgehead atoms. The van der Waals surface area contributed by atoms with Gasteiger partial charge in [-0.2, -0.15) is 0 Å². The smallest absolute Gasteiger partial charge is 0.260 e. The van der Waals surface area contributed by atoms with Gasteiger partial charge in [0, 0.05) is 28.2 Å². The molecule has 0 fully saturated rings. The predicted octanol–water partition coefficient (Wildman–Crippen LogP) is 0.716. The zero-order valence-electron chi connectivity index (χ0n) is 10.8. The van der Waals surface area contributed by atoms with E-state index in [1.807, 2.05) is 0 Å². The number of thiocarbonyl (C=S) groups is 2. The van der Waals surface area contributed by atoms with Crippen LogP contribution in [0.1, 0.15) is 0 Å². The van der Waals surface area contributed by atoms with E-state index in [1.54, 1.807) is 38.0 Å². The molecule has 4 nitrogen and oxygen atoms in total. The summed E-state index contributed by atoms with van der Waals surface area (Å²) in [7, 11) is 6.97. The molecule has 6 heteroatoms. The van der Waals surface area contributed by atoms with Gasteiger partial charge in [0.15, 0.2) is 0 Å². The van der Waals surface area contributed by atoms with Crippen LogP contribution < -0.4 is 0 Å². The Morgan fingerprint density at radius 2 is 1.17 bits per heavy atom. The van der Waals surface area contributed by atoms with Crippen molar-refractivity contribution in [3.05, 3.63) is 0 Å². The molecule has 18 heavy (non-hydrogen) atoms. The molecular formula is C12H16N2O2S2. The third-order valence-corrected chi connectivity index (χ3v) is 2.71. The summed E-state index contributed by atoms with van der Waals surface area (Å²) in [6, 6.07) is 0. The molecule has 0 rings (SSSR count). The summed E-state index contributed by atoms with van der Waals surface area (Å²) in [4.78, 5) is 3.22. The Hall–Kier alpha value is -1.50. The summed E-state index contributed by atoms with van der Waals surface area (Å²) >= 11 is 9.99. The molecule has 0 aromatic rings. The first-order valence-electron chi connectivity index (χ1n) is 5.01. The average molecular weight is 284 g/mol. The molecule has 0 aliphatic heterocycles. The Kier molecular flexibility index (Phi) is 7.11. The van der Waals surface area contributed by atoms with Gasteiger partial charge in [0.2, 0.25) is 12.2 Å². The standard InChI is InChI=1S/C12H16N2O2S2/c1-7-9(15-11(17)13(3)4)10(8-2)16-12(18)14(5)6/h1-2,9-10H,3-6H3/t9-,10+. The third kappa shape index (κ3) is 5.22. The summed E-state index contributed by atoms with van der Waals surface area (Å²) in [6.07, 6.45) is 9.15. The number of terminal acetylenes is 2. The lowest BCUT2D eigenvalue weighted by molar-refractivity contribution is 0.0942. The SMILES string of the molecule is C#C[C@H](OC(=S)N(C)C)[C@@H](C#C)OC(=S)N(C)C. The quantitative estimate of drug-likeness (QED) is 0.559. The fourth-order valence-corrected chi connectivity index (χ4v) is 1.00. The van der Waals surface area contributed by atoms with Gasteiger partial charge in [-0.1, -0.05) is 11.8 Å². The van der Waals surface area contributed by atoms with Crippen molar-refractivity contribution in [1.29, 1.82) is 0 Å². The first-order valence-corrected chi connectivity index (χ1v) is 5.83. The Bertz CT molecular complexity index is 356. The van der Waals surface area contributed by atoms with E-state index in [0.29, 0.717) is 0 Å². The Labute approximate surface area is 119 Å². The second-order valence-corrected chi connectivity index (χ2v) is 4.43. The molecule has 0 unspecified atom stereocenters. The lowest BCUT2D eigenvalue weighted by atomic mass is 10.2. The van der Waals surface area contributed by atoms with Crippen molar-refractivity contribution in [2.75, 3.05) is 28.2 Å². The maximum Gasteiger partial charge on any atom is 0.260 e. The van der Waals surface area contributed by atoms with Crippen LogP contribution in [0.15, 0.2) is 0 Å². The lowest BCUT2D eigenvalue weighted by Gasteiger charge is -2.25. The van der Waals surface area contributed by atoms with Crippen molar-refractivity contribution in [2.45, 2.75) is 12.2 Å². The number of nitrogens with zero attached hydrogens (tertiary/aromatic N) is 2. The zero-order chi connectivity index (χ0) is 14.3. The molecule has 0 N–H and O–H groups in total. The van der Waals surface area contributed by atoms with E-state index in [4.69, 9.17) is 46.8 Å². The molecule has 0 radical (unpaired) electrons. The topological polar surface area (TPSA) is 24.9 Å². The van der Waals surface area contributed by atoms with Crippen LogP contribution in [0.4, 0.5) is 0 Å². The van der Waals surface area contributed by atoms with Gasteiger partial charge in [0.1, 0.15) is 0 Å². The van der Waals surface area contributed by atoms with Crippen LogP contribution in [0.2, 0.25) is 0 Å². The van der Waals surface area contributed by atoms with E-state index in [2.05, 4.69) is 11.8 Å². The van der Waals surface area contributed by atoms with E-state index in [-0.39, 0.29) is 10.3 Å². The van der Waals surface area contributed by atoms with Crippen molar-refractivity contribution in [1.82, 2.24) is 9.80 Å². The van der Waals surface area contributed by atoms with Gasteiger partial charge in [0.25, 0.3) is 10.3 Å². The molecule has 0 heterocycles. The van der Waals surface area contributed by atoms with Crippen molar-refractivity contribution in [3.63, 3.8) is 0 Å². The van der Waals surface area contributed by atoms with Gasteiger partial charge >= 0.3 is 0 Å². The van der Waals surface area contributed by atoms with E-state index >= 15 is 0 Å². The van der Waals surface area contributed by atoms with Crippen LogP contribution in [-0.2, 0) is 9.47 Å². The van der Waals surface area contributed by atoms with Crippen molar-refractivity contribution in [2.24, 2.45) is 0 Å². The Morgan fingerprint density at radius 1 is 0.889 bits per heavy atom. The zero-order valence-corrected chi connectivity index (χ0v) is 12.5. The van der Waals surface area contributed by atoms with Gasteiger partial charge in [-0.3, -0.25) is 0 Å². The molecule has 0 aliphatic rings. The van der Waals surface area contributed by atoms with Crippen LogP contribution in [0.5, 0.6) is 0 Å². The highest BCUT2D eigenvalue weighted by Crippen LogP contribution is 2.07. The minimum atomic E-state index is -0.789. The molecular weight excluding hydrogens is 268 g/mol. The summed E-state index contributed by atoms with van der Waals surface area (Å²) in [5.41, 5.74) is 0. The number of ether oxygens (including phenoxy) is 2. The monoisotopic (exact) mass is 284 g/mol. The van der Waals surface area contributed by atoms with Gasteiger partial charge in [-0.25, -0.2) is 0 Å². The lowest BCUT2D eigenvalue weighted by Crippen LogP contribution is -2.38. The summed E-state index contributed by atoms with van der Waals surface area (Å²) in [5.74, 6) is 4.80. The molecule has 0 saturated heterocycles. The van der Waals surface area contributed by atoms with Crippen LogP contribution in [0.25, 0.3) is 0 Å². The van der Waals surface area contributed by atoms with E-state index < -0.39 is 12.2 Å². The Balaban J connectivity index is 4.71. The van der Waals surface area contributed by atoms with Crippen LogP contribution in [0.3, 0.4) is 0 Å². The fourth-order valence-electron chi connectivity index (χ4n) is 0.794. The maximum absolute atomic E-state index is 5.37.